The molecule has 0 spiro atoms. The van der Waals surface area contributed by atoms with Crippen molar-refractivity contribution in [3.8, 4) is 0 Å². The molecule has 1 fully saturated rings. The van der Waals surface area contributed by atoms with Crippen molar-refractivity contribution in [1.82, 2.24) is 10.2 Å². The Hall–Kier alpha value is -2.66. The Bertz CT molecular complexity index is 740. The third-order valence-electron chi connectivity index (χ3n) is 4.63. The van der Waals surface area contributed by atoms with Gasteiger partial charge in [-0.2, -0.15) is 0 Å². The fourth-order valence-corrected chi connectivity index (χ4v) is 3.29. The van der Waals surface area contributed by atoms with Crippen LogP contribution in [0.3, 0.4) is 0 Å². The van der Waals surface area contributed by atoms with Crippen molar-refractivity contribution >= 4 is 11.8 Å². The maximum Gasteiger partial charge on any atom is 0.251 e. The van der Waals surface area contributed by atoms with Gasteiger partial charge in [-0.25, -0.2) is 0 Å². The molecule has 2 amide bonds. The van der Waals surface area contributed by atoms with Crippen LogP contribution in [-0.2, 0) is 0 Å². The van der Waals surface area contributed by atoms with Crippen molar-refractivity contribution in [3.05, 3.63) is 71.3 Å². The summed E-state index contributed by atoms with van der Waals surface area (Å²) in [6, 6.07) is 16.9. The van der Waals surface area contributed by atoms with E-state index in [0.717, 1.165) is 13.1 Å². The molecule has 0 aromatic heterocycles. The predicted molar refractivity (Wildman–Crippen MR) is 97.3 cm³/mol. The van der Waals surface area contributed by atoms with Crippen LogP contribution in [-0.4, -0.2) is 36.3 Å². The first-order valence-electron chi connectivity index (χ1n) is 8.62. The van der Waals surface area contributed by atoms with Crippen molar-refractivity contribution in [2.24, 2.45) is 5.73 Å². The lowest BCUT2D eigenvalue weighted by Crippen LogP contribution is -2.36. The highest BCUT2D eigenvalue weighted by molar-refractivity contribution is 5.99. The van der Waals surface area contributed by atoms with Gasteiger partial charge >= 0.3 is 0 Å². The summed E-state index contributed by atoms with van der Waals surface area (Å²) < 4.78 is 0. The summed E-state index contributed by atoms with van der Waals surface area (Å²) in [7, 11) is 0. The largest absolute Gasteiger partial charge is 0.366 e. The van der Waals surface area contributed by atoms with Crippen molar-refractivity contribution in [2.45, 2.75) is 18.9 Å². The number of nitrogens with one attached hydrogen (secondary N) is 1. The predicted octanol–water partition coefficient (Wildman–Crippen LogP) is 2.35. The summed E-state index contributed by atoms with van der Waals surface area (Å²) in [4.78, 5) is 26.2. The smallest absolute Gasteiger partial charge is 0.251 e. The van der Waals surface area contributed by atoms with E-state index >= 15 is 0 Å². The second-order valence-corrected chi connectivity index (χ2v) is 6.32. The maximum atomic E-state index is 12.5. The van der Waals surface area contributed by atoms with Crippen LogP contribution >= 0.6 is 0 Å². The molecule has 130 valence electrons. The normalized spacial score (nSPS) is 15.7. The molecule has 5 nitrogen and oxygen atoms in total. The average molecular weight is 337 g/mol. The number of carbonyl (C=O) groups excluding carboxylic acids is 2. The van der Waals surface area contributed by atoms with E-state index in [9.17, 15) is 9.59 Å². The van der Waals surface area contributed by atoms with E-state index in [2.05, 4.69) is 22.3 Å². The molecule has 1 saturated heterocycles. The lowest BCUT2D eigenvalue weighted by atomic mass is 10.0. The highest BCUT2D eigenvalue weighted by Crippen LogP contribution is 2.24. The molecule has 3 N–H and O–H groups in total. The van der Waals surface area contributed by atoms with Gasteiger partial charge in [0.15, 0.2) is 0 Å². The first-order valence-corrected chi connectivity index (χ1v) is 8.62. The number of likely N-dealkylation sites (tertiary alicyclic amines) is 1. The fraction of sp³-hybridized carbons (Fsp3) is 0.300. The summed E-state index contributed by atoms with van der Waals surface area (Å²) in [5.41, 5.74) is 7.28. The Balaban J connectivity index is 1.71. The van der Waals surface area contributed by atoms with E-state index in [4.69, 9.17) is 5.73 Å². The summed E-state index contributed by atoms with van der Waals surface area (Å²) in [6.07, 6.45) is 2.38. The molecule has 1 heterocycles. The van der Waals surface area contributed by atoms with Gasteiger partial charge in [0, 0.05) is 17.7 Å². The zero-order valence-corrected chi connectivity index (χ0v) is 14.2. The molecule has 25 heavy (non-hydrogen) atoms. The number of primary amides is 1. The number of carbonyl (C=O) groups is 2. The Labute approximate surface area is 147 Å². The minimum atomic E-state index is -0.533. The van der Waals surface area contributed by atoms with Crippen molar-refractivity contribution in [1.29, 1.82) is 0 Å². The molecule has 1 aliphatic rings. The van der Waals surface area contributed by atoms with Crippen molar-refractivity contribution in [3.63, 3.8) is 0 Å². The summed E-state index contributed by atoms with van der Waals surface area (Å²) >= 11 is 0. The van der Waals surface area contributed by atoms with E-state index < -0.39 is 5.91 Å². The van der Waals surface area contributed by atoms with Gasteiger partial charge in [-0.15, -0.1) is 0 Å². The van der Waals surface area contributed by atoms with E-state index in [1.165, 1.54) is 24.5 Å². The zero-order chi connectivity index (χ0) is 17.6. The molecule has 1 aliphatic heterocycles. The van der Waals surface area contributed by atoms with Gasteiger partial charge in [-0.3, -0.25) is 14.5 Å². The van der Waals surface area contributed by atoms with Crippen LogP contribution in [0.1, 0.15) is 45.2 Å². The van der Waals surface area contributed by atoms with Crippen LogP contribution in [0.15, 0.2) is 54.6 Å². The number of hydrogen-bond acceptors (Lipinski definition) is 3. The molecular formula is C20H23N3O2. The Kier molecular flexibility index (Phi) is 5.46. The second kappa shape index (κ2) is 7.94. The highest BCUT2D eigenvalue weighted by Gasteiger charge is 2.24. The molecule has 3 rings (SSSR count). The zero-order valence-electron chi connectivity index (χ0n) is 14.2. The summed E-state index contributed by atoms with van der Waals surface area (Å²) in [5.74, 6) is -0.725. The van der Waals surface area contributed by atoms with Crippen LogP contribution < -0.4 is 11.1 Å². The lowest BCUT2D eigenvalue weighted by Gasteiger charge is -2.28. The van der Waals surface area contributed by atoms with Gasteiger partial charge in [0.25, 0.3) is 5.91 Å². The van der Waals surface area contributed by atoms with E-state index in [0.29, 0.717) is 17.7 Å². The van der Waals surface area contributed by atoms with Crippen LogP contribution in [0, 0.1) is 0 Å². The molecule has 1 atom stereocenters. The van der Waals surface area contributed by atoms with Crippen LogP contribution in [0.25, 0.3) is 0 Å². The SMILES string of the molecule is NC(=O)c1cccc(C(=O)NCC(c2ccccc2)N2CCCC2)c1. The molecule has 5 heteroatoms. The molecule has 2 aromatic carbocycles. The van der Waals surface area contributed by atoms with Crippen molar-refractivity contribution in [2.75, 3.05) is 19.6 Å². The minimum absolute atomic E-state index is 0.159. The van der Waals surface area contributed by atoms with Gasteiger partial charge in [0.2, 0.25) is 5.91 Å². The average Bonchev–Trinajstić information content (AvgIpc) is 3.17. The van der Waals surface area contributed by atoms with E-state index in [-0.39, 0.29) is 11.9 Å². The number of amides is 2. The Morgan fingerprint density at radius 2 is 1.68 bits per heavy atom. The number of nitrogens with two attached hydrogens (primary N) is 1. The van der Waals surface area contributed by atoms with Crippen LogP contribution in [0.4, 0.5) is 0 Å². The monoisotopic (exact) mass is 337 g/mol. The van der Waals surface area contributed by atoms with Crippen LogP contribution in [0.2, 0.25) is 0 Å². The van der Waals surface area contributed by atoms with Crippen molar-refractivity contribution < 1.29 is 9.59 Å². The fourth-order valence-electron chi connectivity index (χ4n) is 3.29. The van der Waals surface area contributed by atoms with Gasteiger partial charge in [0.1, 0.15) is 0 Å². The number of nitrogens with zero attached hydrogens (tertiary/aromatic N) is 1. The first kappa shape index (κ1) is 17.2. The molecular weight excluding hydrogens is 314 g/mol. The molecule has 0 aliphatic carbocycles. The molecule has 0 saturated carbocycles. The standard InChI is InChI=1S/C20H23N3O2/c21-19(24)16-9-6-10-17(13-16)20(25)22-14-18(23-11-4-5-12-23)15-7-2-1-3-8-15/h1-3,6-10,13,18H,4-5,11-12,14H2,(H2,21,24)(H,22,25). The first-order chi connectivity index (χ1) is 12.1. The van der Waals surface area contributed by atoms with Crippen LogP contribution in [0.5, 0.6) is 0 Å². The molecule has 2 aromatic rings. The van der Waals surface area contributed by atoms with Gasteiger partial charge in [0.05, 0.1) is 6.04 Å². The van der Waals surface area contributed by atoms with Gasteiger partial charge in [-0.05, 0) is 49.7 Å². The van der Waals surface area contributed by atoms with Gasteiger partial charge < -0.3 is 11.1 Å². The summed E-state index contributed by atoms with van der Waals surface area (Å²) in [6.45, 7) is 2.63. The number of rotatable bonds is 6. The molecule has 1 unspecified atom stereocenters. The Morgan fingerprint density at radius 3 is 2.36 bits per heavy atom. The molecule has 0 bridgehead atoms. The maximum absolute atomic E-state index is 12.5. The topological polar surface area (TPSA) is 75.4 Å². The minimum Gasteiger partial charge on any atom is -0.366 e. The third-order valence-corrected chi connectivity index (χ3v) is 4.63. The third kappa shape index (κ3) is 4.25. The summed E-state index contributed by atoms with van der Waals surface area (Å²) in [5, 5.41) is 3.01. The second-order valence-electron chi connectivity index (χ2n) is 6.32. The van der Waals surface area contributed by atoms with Gasteiger partial charge in [-0.1, -0.05) is 36.4 Å². The number of hydrogen-bond donors (Lipinski definition) is 2. The van der Waals surface area contributed by atoms with E-state index in [1.54, 1.807) is 18.2 Å². The molecule has 0 radical (unpaired) electrons. The Morgan fingerprint density at radius 1 is 1.00 bits per heavy atom. The number of benzene rings is 2. The lowest BCUT2D eigenvalue weighted by molar-refractivity contribution is 0.0938. The van der Waals surface area contributed by atoms with E-state index in [1.807, 2.05) is 18.2 Å². The quantitative estimate of drug-likeness (QED) is 0.849. The highest BCUT2D eigenvalue weighted by atomic mass is 16.2.